The number of ether oxygens (including phenoxy) is 1. The van der Waals surface area contributed by atoms with Crippen molar-refractivity contribution in [3.63, 3.8) is 0 Å². The van der Waals surface area contributed by atoms with Gasteiger partial charge in [0.15, 0.2) is 0 Å². The van der Waals surface area contributed by atoms with Crippen LogP contribution < -0.4 is 4.74 Å². The highest BCUT2D eigenvalue weighted by molar-refractivity contribution is 5.37. The highest BCUT2D eigenvalue weighted by Gasteiger charge is 2.19. The maximum absolute atomic E-state index is 14.2. The number of fused-ring (bicyclic) bond motifs is 1. The van der Waals surface area contributed by atoms with Gasteiger partial charge in [0.1, 0.15) is 11.6 Å². The zero-order chi connectivity index (χ0) is 19.1. The number of aryl methyl sites for hydroxylation is 3. The Labute approximate surface area is 164 Å². The minimum absolute atomic E-state index is 0.0320. The fourth-order valence-corrected chi connectivity index (χ4v) is 4.06. The molecule has 0 aliphatic heterocycles. The minimum Gasteiger partial charge on any atom is -0.494 e. The van der Waals surface area contributed by atoms with E-state index in [1.807, 2.05) is 6.07 Å². The van der Waals surface area contributed by atoms with E-state index in [9.17, 15) is 4.39 Å². The molecule has 2 aromatic carbocycles. The standard InChI is InChI=1S/C25H33FO/c1-3-5-6-15-27-24-14-13-22-16-20(9-12-23(22)18-24)8-11-21-10-7-19(4-2)17-25(21)26/h7,10,13-14,17-18,20H,3-6,8-9,11-12,15-16H2,1-2H3. The Morgan fingerprint density at radius 1 is 1.04 bits per heavy atom. The summed E-state index contributed by atoms with van der Waals surface area (Å²) in [6.45, 7) is 5.09. The van der Waals surface area contributed by atoms with Gasteiger partial charge < -0.3 is 4.74 Å². The maximum atomic E-state index is 14.2. The van der Waals surface area contributed by atoms with Gasteiger partial charge in [-0.15, -0.1) is 0 Å². The second-order valence-corrected chi connectivity index (χ2v) is 7.91. The van der Waals surface area contributed by atoms with Gasteiger partial charge in [-0.05, 0) is 91.3 Å². The Morgan fingerprint density at radius 3 is 2.70 bits per heavy atom. The van der Waals surface area contributed by atoms with Crippen LogP contribution in [-0.2, 0) is 25.7 Å². The fraction of sp³-hybridized carbons (Fsp3) is 0.520. The first-order valence-electron chi connectivity index (χ1n) is 10.7. The SMILES string of the molecule is CCCCCOc1ccc2c(c1)CCC(CCc1ccc(CC)cc1F)C2. The van der Waals surface area contributed by atoms with Crippen LogP contribution in [0.2, 0.25) is 0 Å². The number of unbranched alkanes of at least 4 members (excludes halogenated alkanes) is 2. The molecule has 0 N–H and O–H groups in total. The van der Waals surface area contributed by atoms with Crippen molar-refractivity contribution < 1.29 is 9.13 Å². The van der Waals surface area contributed by atoms with Crippen LogP contribution in [0.25, 0.3) is 0 Å². The van der Waals surface area contributed by atoms with Crippen molar-refractivity contribution in [2.45, 2.75) is 71.6 Å². The van der Waals surface area contributed by atoms with Crippen molar-refractivity contribution in [3.8, 4) is 5.75 Å². The highest BCUT2D eigenvalue weighted by atomic mass is 19.1. The summed E-state index contributed by atoms with van der Waals surface area (Å²) >= 11 is 0. The van der Waals surface area contributed by atoms with Gasteiger partial charge in [0, 0.05) is 0 Å². The quantitative estimate of drug-likeness (QED) is 0.448. The molecule has 1 atom stereocenters. The predicted molar refractivity (Wildman–Crippen MR) is 111 cm³/mol. The molecule has 0 bridgehead atoms. The zero-order valence-corrected chi connectivity index (χ0v) is 16.9. The lowest BCUT2D eigenvalue weighted by molar-refractivity contribution is 0.305. The molecule has 0 spiro atoms. The summed E-state index contributed by atoms with van der Waals surface area (Å²) in [6, 6.07) is 12.3. The lowest BCUT2D eigenvalue weighted by Crippen LogP contribution is -2.15. The molecule has 0 heterocycles. The van der Waals surface area contributed by atoms with Gasteiger partial charge in [-0.25, -0.2) is 4.39 Å². The number of rotatable bonds is 9. The van der Waals surface area contributed by atoms with E-state index in [4.69, 9.17) is 4.74 Å². The molecule has 2 aromatic rings. The molecule has 1 unspecified atom stereocenters. The average Bonchev–Trinajstić information content (AvgIpc) is 2.70. The van der Waals surface area contributed by atoms with Crippen LogP contribution in [0.4, 0.5) is 4.39 Å². The number of hydrogen-bond donors (Lipinski definition) is 0. The molecule has 0 amide bonds. The van der Waals surface area contributed by atoms with E-state index in [2.05, 4.69) is 38.1 Å². The molecule has 1 aliphatic rings. The number of halogens is 1. The highest BCUT2D eigenvalue weighted by Crippen LogP contribution is 2.31. The van der Waals surface area contributed by atoms with Crippen LogP contribution >= 0.6 is 0 Å². The second kappa shape index (κ2) is 9.92. The van der Waals surface area contributed by atoms with Crippen molar-refractivity contribution >= 4 is 0 Å². The maximum Gasteiger partial charge on any atom is 0.126 e. The Bertz CT molecular complexity index is 737. The summed E-state index contributed by atoms with van der Waals surface area (Å²) in [5.74, 6) is 1.64. The third-order valence-corrected chi connectivity index (χ3v) is 5.87. The lowest BCUT2D eigenvalue weighted by atomic mass is 9.81. The van der Waals surface area contributed by atoms with E-state index in [1.54, 1.807) is 6.07 Å². The molecule has 0 radical (unpaired) electrons. The summed E-state index contributed by atoms with van der Waals surface area (Å²) < 4.78 is 20.1. The molecule has 27 heavy (non-hydrogen) atoms. The van der Waals surface area contributed by atoms with Crippen LogP contribution in [0, 0.1) is 11.7 Å². The van der Waals surface area contributed by atoms with Crippen molar-refractivity contribution in [2.24, 2.45) is 5.92 Å². The van der Waals surface area contributed by atoms with Gasteiger partial charge in [0.2, 0.25) is 0 Å². The minimum atomic E-state index is -0.0320. The Balaban J connectivity index is 1.52. The van der Waals surface area contributed by atoms with Gasteiger partial charge in [-0.2, -0.15) is 0 Å². The second-order valence-electron chi connectivity index (χ2n) is 7.91. The van der Waals surface area contributed by atoms with Gasteiger partial charge >= 0.3 is 0 Å². The van der Waals surface area contributed by atoms with E-state index in [0.29, 0.717) is 5.92 Å². The summed E-state index contributed by atoms with van der Waals surface area (Å²) in [4.78, 5) is 0. The largest absolute Gasteiger partial charge is 0.494 e. The van der Waals surface area contributed by atoms with Crippen molar-refractivity contribution in [1.82, 2.24) is 0 Å². The molecular formula is C25H33FO. The molecule has 0 saturated carbocycles. The van der Waals surface area contributed by atoms with Crippen LogP contribution in [0.1, 0.15) is 68.2 Å². The lowest BCUT2D eigenvalue weighted by Gasteiger charge is -2.25. The Hall–Kier alpha value is -1.83. The normalized spacial score (nSPS) is 16.2. The van der Waals surface area contributed by atoms with Gasteiger partial charge in [0.25, 0.3) is 0 Å². The van der Waals surface area contributed by atoms with Crippen LogP contribution in [0.3, 0.4) is 0 Å². The van der Waals surface area contributed by atoms with E-state index in [0.717, 1.165) is 62.0 Å². The van der Waals surface area contributed by atoms with Gasteiger partial charge in [0.05, 0.1) is 6.61 Å². The molecular weight excluding hydrogens is 335 g/mol. The Morgan fingerprint density at radius 2 is 1.93 bits per heavy atom. The van der Waals surface area contributed by atoms with Crippen molar-refractivity contribution in [1.29, 1.82) is 0 Å². The molecule has 0 fully saturated rings. The molecule has 0 saturated heterocycles. The van der Waals surface area contributed by atoms with E-state index >= 15 is 0 Å². The molecule has 3 rings (SSSR count). The topological polar surface area (TPSA) is 9.23 Å². The van der Waals surface area contributed by atoms with E-state index < -0.39 is 0 Å². The first kappa shape index (κ1) is 19.9. The summed E-state index contributed by atoms with van der Waals surface area (Å²) in [5.41, 5.74) is 4.84. The van der Waals surface area contributed by atoms with Crippen LogP contribution in [-0.4, -0.2) is 6.61 Å². The van der Waals surface area contributed by atoms with Crippen molar-refractivity contribution in [2.75, 3.05) is 6.61 Å². The molecule has 2 heteroatoms. The van der Waals surface area contributed by atoms with E-state index in [1.165, 1.54) is 30.4 Å². The summed E-state index contributed by atoms with van der Waals surface area (Å²) in [5, 5.41) is 0. The fourth-order valence-electron chi connectivity index (χ4n) is 4.06. The molecule has 1 aliphatic carbocycles. The molecule has 1 nitrogen and oxygen atoms in total. The van der Waals surface area contributed by atoms with Crippen molar-refractivity contribution in [3.05, 3.63) is 64.5 Å². The third kappa shape index (κ3) is 5.57. The zero-order valence-electron chi connectivity index (χ0n) is 16.9. The summed E-state index contributed by atoms with van der Waals surface area (Å²) in [6.07, 6.45) is 9.80. The first-order valence-corrected chi connectivity index (χ1v) is 10.7. The van der Waals surface area contributed by atoms with Gasteiger partial charge in [-0.1, -0.05) is 44.9 Å². The van der Waals surface area contributed by atoms with Crippen LogP contribution in [0.15, 0.2) is 36.4 Å². The first-order chi connectivity index (χ1) is 13.2. The Kier molecular flexibility index (Phi) is 7.32. The predicted octanol–water partition coefficient (Wildman–Crippen LogP) is 6.69. The van der Waals surface area contributed by atoms with Gasteiger partial charge in [-0.3, -0.25) is 0 Å². The third-order valence-electron chi connectivity index (χ3n) is 5.87. The average molecular weight is 369 g/mol. The number of benzene rings is 2. The molecule has 146 valence electrons. The molecule has 0 aromatic heterocycles. The van der Waals surface area contributed by atoms with Crippen LogP contribution in [0.5, 0.6) is 5.75 Å². The monoisotopic (exact) mass is 368 g/mol. The number of hydrogen-bond acceptors (Lipinski definition) is 1. The smallest absolute Gasteiger partial charge is 0.126 e. The summed E-state index contributed by atoms with van der Waals surface area (Å²) in [7, 11) is 0. The van der Waals surface area contributed by atoms with E-state index in [-0.39, 0.29) is 5.82 Å².